The van der Waals surface area contributed by atoms with Crippen molar-refractivity contribution in [3.8, 4) is 11.8 Å². The number of rotatable bonds is 4. The molecular formula is C21H22FN3O. The first kappa shape index (κ1) is 17.0. The van der Waals surface area contributed by atoms with Crippen molar-refractivity contribution in [1.29, 1.82) is 5.26 Å². The van der Waals surface area contributed by atoms with Gasteiger partial charge >= 0.3 is 0 Å². The third-order valence-corrected chi connectivity index (χ3v) is 6.03. The number of hydrogen-bond acceptors (Lipinski definition) is 3. The fourth-order valence-corrected chi connectivity index (χ4v) is 4.72. The Morgan fingerprint density at radius 1 is 1.12 bits per heavy atom. The molecule has 134 valence electrons. The smallest absolute Gasteiger partial charge is 0.181 e. The Labute approximate surface area is 152 Å². The predicted octanol–water partition coefficient (Wildman–Crippen LogP) is 3.91. The molecule has 4 rings (SSSR count). The van der Waals surface area contributed by atoms with Gasteiger partial charge in [-0.2, -0.15) is 5.26 Å². The molecule has 0 unspecified atom stereocenters. The van der Waals surface area contributed by atoms with Crippen molar-refractivity contribution in [2.24, 2.45) is 0 Å². The highest BCUT2D eigenvalue weighted by molar-refractivity contribution is 5.99. The van der Waals surface area contributed by atoms with Crippen molar-refractivity contribution in [2.75, 3.05) is 6.54 Å². The van der Waals surface area contributed by atoms with Gasteiger partial charge in [0.05, 0.1) is 29.4 Å². The summed E-state index contributed by atoms with van der Waals surface area (Å²) in [7, 11) is 0. The Morgan fingerprint density at radius 3 is 2.23 bits per heavy atom. The summed E-state index contributed by atoms with van der Waals surface area (Å²) >= 11 is 0. The molecule has 2 saturated heterocycles. The van der Waals surface area contributed by atoms with Crippen molar-refractivity contribution >= 4 is 5.78 Å². The number of nitrogens with zero attached hydrogens (tertiary/aromatic N) is 3. The summed E-state index contributed by atoms with van der Waals surface area (Å²) in [6, 6.07) is 10.0. The van der Waals surface area contributed by atoms with Crippen LogP contribution in [-0.2, 0) is 0 Å². The van der Waals surface area contributed by atoms with Gasteiger partial charge in [0.1, 0.15) is 0 Å². The maximum absolute atomic E-state index is 14.9. The number of carbonyl (C=O) groups excluding carboxylic acids is 1. The summed E-state index contributed by atoms with van der Waals surface area (Å²) in [6.45, 7) is 3.79. The van der Waals surface area contributed by atoms with Crippen LogP contribution in [0, 0.1) is 31.0 Å². The minimum Gasteiger partial charge on any atom is -0.315 e. The summed E-state index contributed by atoms with van der Waals surface area (Å²) < 4.78 is 16.7. The minimum atomic E-state index is -0.427. The zero-order chi connectivity index (χ0) is 18.4. The van der Waals surface area contributed by atoms with Gasteiger partial charge in [0.25, 0.3) is 0 Å². The molecule has 0 N–H and O–H groups in total. The van der Waals surface area contributed by atoms with E-state index in [1.807, 2.05) is 0 Å². The first-order valence-electron chi connectivity index (χ1n) is 9.18. The number of aromatic nitrogens is 1. The summed E-state index contributed by atoms with van der Waals surface area (Å²) in [5.41, 5.74) is 2.58. The number of benzene rings is 1. The van der Waals surface area contributed by atoms with E-state index in [0.29, 0.717) is 35.6 Å². The largest absolute Gasteiger partial charge is 0.315 e. The molecule has 2 bridgehead atoms. The maximum Gasteiger partial charge on any atom is 0.181 e. The zero-order valence-electron chi connectivity index (χ0n) is 15.1. The Morgan fingerprint density at radius 2 is 1.69 bits per heavy atom. The summed E-state index contributed by atoms with van der Waals surface area (Å²) in [4.78, 5) is 15.2. The molecule has 2 aromatic rings. The number of hydrogen-bond donors (Lipinski definition) is 0. The van der Waals surface area contributed by atoms with E-state index in [1.54, 1.807) is 42.7 Å². The molecule has 1 aromatic carbocycles. The van der Waals surface area contributed by atoms with Crippen LogP contribution in [0.2, 0.25) is 0 Å². The van der Waals surface area contributed by atoms with Crippen molar-refractivity contribution in [1.82, 2.24) is 9.47 Å². The highest BCUT2D eigenvalue weighted by Gasteiger charge is 2.40. The van der Waals surface area contributed by atoms with Crippen LogP contribution in [0.3, 0.4) is 0 Å². The molecule has 2 aliphatic heterocycles. The summed E-state index contributed by atoms with van der Waals surface area (Å²) in [6.07, 6.45) is 4.63. The third kappa shape index (κ3) is 2.57. The molecule has 0 radical (unpaired) electrons. The minimum absolute atomic E-state index is 0.130. The first-order chi connectivity index (χ1) is 12.5. The van der Waals surface area contributed by atoms with E-state index in [-0.39, 0.29) is 11.3 Å². The van der Waals surface area contributed by atoms with Gasteiger partial charge in [-0.05, 0) is 63.8 Å². The van der Waals surface area contributed by atoms with E-state index in [1.165, 1.54) is 0 Å². The van der Waals surface area contributed by atoms with Crippen LogP contribution in [0.15, 0.2) is 24.3 Å². The predicted molar refractivity (Wildman–Crippen MR) is 97.0 cm³/mol. The Bertz CT molecular complexity index is 887. The number of fused-ring (bicyclic) bond motifs is 2. The van der Waals surface area contributed by atoms with Gasteiger partial charge in [0, 0.05) is 23.5 Å². The fourth-order valence-electron chi connectivity index (χ4n) is 4.72. The second kappa shape index (κ2) is 6.37. The second-order valence-electron chi connectivity index (χ2n) is 7.41. The molecule has 1 aromatic heterocycles. The second-order valence-corrected chi connectivity index (χ2v) is 7.41. The molecule has 0 saturated carbocycles. The van der Waals surface area contributed by atoms with E-state index in [0.717, 1.165) is 31.4 Å². The van der Waals surface area contributed by atoms with Crippen molar-refractivity contribution in [2.45, 2.75) is 51.6 Å². The lowest BCUT2D eigenvalue weighted by Crippen LogP contribution is -2.34. The van der Waals surface area contributed by atoms with Crippen LogP contribution in [0.25, 0.3) is 5.69 Å². The molecule has 4 nitrogen and oxygen atoms in total. The molecular weight excluding hydrogens is 329 g/mol. The number of ketones is 1. The molecule has 2 aliphatic rings. The van der Waals surface area contributed by atoms with Crippen LogP contribution in [-0.4, -0.2) is 33.9 Å². The van der Waals surface area contributed by atoms with Crippen LogP contribution in [0.4, 0.5) is 4.39 Å². The average Bonchev–Trinajstić information content (AvgIpc) is 3.27. The average molecular weight is 351 g/mol. The standard InChI is InChI=1S/C21H22FN3O/c1-13-20(19(26)12-24-16-7-8-17(24)10-9-16)21(22)14(2)25(13)18-5-3-15(11-23)4-6-18/h3-6,16-17H,7-10,12H2,1-2H3/t16-,17+. The number of halogens is 1. The monoisotopic (exact) mass is 351 g/mol. The van der Waals surface area contributed by atoms with E-state index in [4.69, 9.17) is 5.26 Å². The van der Waals surface area contributed by atoms with Gasteiger partial charge in [-0.25, -0.2) is 4.39 Å². The number of Topliss-reactive ketones (excluding diaryl/α,β-unsaturated/α-hetero) is 1. The van der Waals surface area contributed by atoms with Gasteiger partial charge in [0.2, 0.25) is 0 Å². The van der Waals surface area contributed by atoms with Gasteiger partial charge in [-0.15, -0.1) is 0 Å². The topological polar surface area (TPSA) is 49.0 Å². The van der Waals surface area contributed by atoms with E-state index >= 15 is 0 Å². The molecule has 26 heavy (non-hydrogen) atoms. The molecule has 0 spiro atoms. The van der Waals surface area contributed by atoms with Crippen LogP contribution in [0.5, 0.6) is 0 Å². The van der Waals surface area contributed by atoms with Crippen molar-refractivity contribution in [3.05, 3.63) is 52.6 Å². The molecule has 0 aliphatic carbocycles. The Kier molecular flexibility index (Phi) is 4.16. The highest BCUT2D eigenvalue weighted by atomic mass is 19.1. The van der Waals surface area contributed by atoms with Gasteiger partial charge in [-0.3, -0.25) is 9.69 Å². The lowest BCUT2D eigenvalue weighted by Gasteiger charge is -2.20. The Balaban J connectivity index is 1.67. The number of nitriles is 1. The van der Waals surface area contributed by atoms with E-state index < -0.39 is 5.82 Å². The Hall–Kier alpha value is -2.45. The quantitative estimate of drug-likeness (QED) is 0.785. The van der Waals surface area contributed by atoms with Gasteiger partial charge in [-0.1, -0.05) is 0 Å². The molecule has 3 heterocycles. The molecule has 0 atom stereocenters. The molecule has 2 fully saturated rings. The van der Waals surface area contributed by atoms with E-state index in [9.17, 15) is 9.18 Å². The molecule has 0 amide bonds. The first-order valence-corrected chi connectivity index (χ1v) is 9.18. The summed E-state index contributed by atoms with van der Waals surface area (Å²) in [5.74, 6) is -0.558. The van der Waals surface area contributed by atoms with Crippen LogP contribution in [0.1, 0.15) is 53.0 Å². The molecule has 5 heteroatoms. The van der Waals surface area contributed by atoms with Crippen molar-refractivity contribution in [3.63, 3.8) is 0 Å². The van der Waals surface area contributed by atoms with E-state index in [2.05, 4.69) is 11.0 Å². The summed E-state index contributed by atoms with van der Waals surface area (Å²) in [5, 5.41) is 8.95. The van der Waals surface area contributed by atoms with Crippen LogP contribution < -0.4 is 0 Å². The maximum atomic E-state index is 14.9. The lowest BCUT2D eigenvalue weighted by molar-refractivity contribution is 0.0914. The van der Waals surface area contributed by atoms with Crippen LogP contribution >= 0.6 is 0 Å². The van der Waals surface area contributed by atoms with Gasteiger partial charge < -0.3 is 4.57 Å². The zero-order valence-corrected chi connectivity index (χ0v) is 15.1. The van der Waals surface area contributed by atoms with Crippen molar-refractivity contribution < 1.29 is 9.18 Å². The SMILES string of the molecule is Cc1c(F)c(C(=O)CN2[C@H]3CC[C@@H]2CC3)c(C)n1-c1ccc(C#N)cc1. The third-order valence-electron chi connectivity index (χ3n) is 6.03. The van der Waals surface area contributed by atoms with Gasteiger partial charge in [0.15, 0.2) is 11.6 Å². The lowest BCUT2D eigenvalue weighted by atomic mass is 10.0. The number of carbonyl (C=O) groups is 1. The normalized spacial score (nSPS) is 21.9. The highest BCUT2D eigenvalue weighted by Crippen LogP contribution is 2.37. The fraction of sp³-hybridized carbons (Fsp3) is 0.429.